The quantitative estimate of drug-likeness (QED) is 0.789. The van der Waals surface area contributed by atoms with Gasteiger partial charge >= 0.3 is 0 Å². The van der Waals surface area contributed by atoms with Crippen LogP contribution in [0, 0.1) is 13.8 Å². The first-order valence-corrected chi connectivity index (χ1v) is 8.43. The SMILES string of the molecule is Cc1nc2sc(C(=O)N(C)CCc3ccncc3)c(C)c2c(=O)[nH]1. The molecule has 0 bridgehead atoms. The standard InChI is InChI=1S/C17H18N4O2S/c1-10-13-15(22)19-11(2)20-16(13)24-14(10)17(23)21(3)9-6-12-4-7-18-8-5-12/h4-5,7-8H,6,9H2,1-3H3,(H,19,20,22). The molecule has 0 aromatic carbocycles. The Morgan fingerprint density at radius 2 is 2.00 bits per heavy atom. The van der Waals surface area contributed by atoms with Crippen LogP contribution in [0.5, 0.6) is 0 Å². The minimum atomic E-state index is -0.190. The number of thiophene rings is 1. The third-order valence-corrected chi connectivity index (χ3v) is 5.12. The van der Waals surface area contributed by atoms with E-state index in [1.807, 2.05) is 12.1 Å². The zero-order chi connectivity index (χ0) is 17.3. The van der Waals surface area contributed by atoms with Gasteiger partial charge in [-0.3, -0.25) is 14.6 Å². The lowest BCUT2D eigenvalue weighted by atomic mass is 10.1. The van der Waals surface area contributed by atoms with Gasteiger partial charge in [-0.2, -0.15) is 0 Å². The molecule has 0 atom stereocenters. The summed E-state index contributed by atoms with van der Waals surface area (Å²) in [4.78, 5) is 38.7. The molecule has 3 heterocycles. The second kappa shape index (κ2) is 6.52. The van der Waals surface area contributed by atoms with Crippen LogP contribution >= 0.6 is 11.3 Å². The number of nitrogens with zero attached hydrogens (tertiary/aromatic N) is 3. The highest BCUT2D eigenvalue weighted by Gasteiger charge is 2.21. The number of likely N-dealkylation sites (N-methyl/N-ethyl adjacent to an activating group) is 1. The minimum Gasteiger partial charge on any atom is -0.341 e. The molecule has 0 unspecified atom stereocenters. The number of hydrogen-bond donors (Lipinski definition) is 1. The number of carbonyl (C=O) groups excluding carboxylic acids is 1. The van der Waals surface area contributed by atoms with E-state index in [0.29, 0.717) is 33.0 Å². The van der Waals surface area contributed by atoms with Crippen LogP contribution in [0.15, 0.2) is 29.3 Å². The number of hydrogen-bond acceptors (Lipinski definition) is 5. The monoisotopic (exact) mass is 342 g/mol. The van der Waals surface area contributed by atoms with Crippen LogP contribution in [0.4, 0.5) is 0 Å². The zero-order valence-corrected chi connectivity index (χ0v) is 14.6. The van der Waals surface area contributed by atoms with Crippen LogP contribution in [0.1, 0.15) is 26.6 Å². The van der Waals surface area contributed by atoms with Crippen molar-refractivity contribution in [1.29, 1.82) is 0 Å². The molecule has 1 amide bonds. The fraction of sp³-hybridized carbons (Fsp3) is 0.294. The molecule has 0 aliphatic heterocycles. The Bertz CT molecular complexity index is 946. The Morgan fingerprint density at radius 1 is 1.29 bits per heavy atom. The number of nitrogens with one attached hydrogen (secondary N) is 1. The summed E-state index contributed by atoms with van der Waals surface area (Å²) in [5.41, 5.74) is 1.64. The van der Waals surface area contributed by atoms with Gasteiger partial charge in [0.1, 0.15) is 10.7 Å². The van der Waals surface area contributed by atoms with E-state index in [9.17, 15) is 9.59 Å². The lowest BCUT2D eigenvalue weighted by Crippen LogP contribution is -2.28. The van der Waals surface area contributed by atoms with E-state index < -0.39 is 0 Å². The summed E-state index contributed by atoms with van der Waals surface area (Å²) in [6.45, 7) is 4.13. The Kier molecular flexibility index (Phi) is 4.44. The summed E-state index contributed by atoms with van der Waals surface area (Å²) in [5, 5.41) is 0.511. The van der Waals surface area contributed by atoms with Crippen LogP contribution in [-0.4, -0.2) is 39.4 Å². The number of carbonyl (C=O) groups is 1. The second-order valence-electron chi connectivity index (χ2n) is 5.72. The number of aryl methyl sites for hydroxylation is 2. The Hall–Kier alpha value is -2.54. The Labute approximate surface area is 143 Å². The third kappa shape index (κ3) is 3.07. The van der Waals surface area contributed by atoms with Crippen molar-refractivity contribution in [3.63, 3.8) is 0 Å². The molecule has 7 heteroatoms. The van der Waals surface area contributed by atoms with Crippen LogP contribution in [0.25, 0.3) is 10.2 Å². The molecule has 0 fully saturated rings. The molecule has 24 heavy (non-hydrogen) atoms. The van der Waals surface area contributed by atoms with Crippen molar-refractivity contribution in [2.24, 2.45) is 0 Å². The second-order valence-corrected chi connectivity index (χ2v) is 6.72. The maximum atomic E-state index is 12.7. The maximum absolute atomic E-state index is 12.7. The normalized spacial score (nSPS) is 11.0. The molecular formula is C17H18N4O2S. The van der Waals surface area contributed by atoms with E-state index in [0.717, 1.165) is 12.0 Å². The summed E-state index contributed by atoms with van der Waals surface area (Å²) in [7, 11) is 1.77. The van der Waals surface area contributed by atoms with Gasteiger partial charge in [0.05, 0.1) is 10.3 Å². The van der Waals surface area contributed by atoms with Crippen LogP contribution in [0.3, 0.4) is 0 Å². The lowest BCUT2D eigenvalue weighted by Gasteiger charge is -2.16. The van der Waals surface area contributed by atoms with Crippen molar-refractivity contribution < 1.29 is 4.79 Å². The molecule has 124 valence electrons. The molecule has 0 aliphatic rings. The molecule has 0 saturated carbocycles. The molecule has 0 saturated heterocycles. The molecule has 3 aromatic heterocycles. The number of aromatic amines is 1. The summed E-state index contributed by atoms with van der Waals surface area (Å²) >= 11 is 1.28. The average molecular weight is 342 g/mol. The van der Waals surface area contributed by atoms with Crippen molar-refractivity contribution in [2.75, 3.05) is 13.6 Å². The van der Waals surface area contributed by atoms with Gasteiger partial charge in [-0.05, 0) is 43.5 Å². The Morgan fingerprint density at radius 3 is 2.71 bits per heavy atom. The van der Waals surface area contributed by atoms with Crippen molar-refractivity contribution in [2.45, 2.75) is 20.3 Å². The van der Waals surface area contributed by atoms with E-state index in [4.69, 9.17) is 0 Å². The molecule has 3 rings (SSSR count). The van der Waals surface area contributed by atoms with Crippen LogP contribution < -0.4 is 5.56 Å². The molecule has 0 aliphatic carbocycles. The number of pyridine rings is 1. The van der Waals surface area contributed by atoms with E-state index >= 15 is 0 Å². The van der Waals surface area contributed by atoms with Gasteiger partial charge in [0.25, 0.3) is 11.5 Å². The number of H-pyrrole nitrogens is 1. The zero-order valence-electron chi connectivity index (χ0n) is 13.8. The molecular weight excluding hydrogens is 324 g/mol. The van der Waals surface area contributed by atoms with Crippen molar-refractivity contribution in [1.82, 2.24) is 19.9 Å². The Balaban J connectivity index is 1.84. The highest BCUT2D eigenvalue weighted by molar-refractivity contribution is 7.20. The lowest BCUT2D eigenvalue weighted by molar-refractivity contribution is 0.0801. The third-order valence-electron chi connectivity index (χ3n) is 3.95. The summed E-state index contributed by atoms with van der Waals surface area (Å²) in [6.07, 6.45) is 4.24. The smallest absolute Gasteiger partial charge is 0.264 e. The van der Waals surface area contributed by atoms with Crippen molar-refractivity contribution >= 4 is 27.5 Å². The highest BCUT2D eigenvalue weighted by atomic mass is 32.1. The van der Waals surface area contributed by atoms with Gasteiger partial charge < -0.3 is 9.88 Å². The predicted molar refractivity (Wildman–Crippen MR) is 94.6 cm³/mol. The molecule has 6 nitrogen and oxygen atoms in total. The first-order chi connectivity index (χ1) is 11.5. The first-order valence-electron chi connectivity index (χ1n) is 7.61. The van der Waals surface area contributed by atoms with Gasteiger partial charge in [-0.15, -0.1) is 11.3 Å². The fourth-order valence-corrected chi connectivity index (χ4v) is 3.80. The van der Waals surface area contributed by atoms with E-state index in [2.05, 4.69) is 15.0 Å². The van der Waals surface area contributed by atoms with Crippen LogP contribution in [0.2, 0.25) is 0 Å². The molecule has 0 spiro atoms. The molecule has 1 N–H and O–H groups in total. The minimum absolute atomic E-state index is 0.0818. The summed E-state index contributed by atoms with van der Waals surface area (Å²) in [5.74, 6) is 0.473. The number of rotatable bonds is 4. The average Bonchev–Trinajstić information content (AvgIpc) is 2.89. The van der Waals surface area contributed by atoms with Gasteiger partial charge in [-0.25, -0.2) is 4.98 Å². The molecule has 3 aromatic rings. The maximum Gasteiger partial charge on any atom is 0.264 e. The van der Waals surface area contributed by atoms with E-state index in [1.165, 1.54) is 11.3 Å². The number of aromatic nitrogens is 3. The first kappa shape index (κ1) is 16.3. The largest absolute Gasteiger partial charge is 0.341 e. The van der Waals surface area contributed by atoms with Crippen molar-refractivity contribution in [3.8, 4) is 0 Å². The molecule has 0 radical (unpaired) electrons. The topological polar surface area (TPSA) is 79.0 Å². The summed E-state index contributed by atoms with van der Waals surface area (Å²) < 4.78 is 0. The highest BCUT2D eigenvalue weighted by Crippen LogP contribution is 2.27. The van der Waals surface area contributed by atoms with Gasteiger partial charge in [0, 0.05) is 26.0 Å². The van der Waals surface area contributed by atoms with E-state index in [-0.39, 0.29) is 11.5 Å². The van der Waals surface area contributed by atoms with Crippen LogP contribution in [-0.2, 0) is 6.42 Å². The van der Waals surface area contributed by atoms with Gasteiger partial charge in [-0.1, -0.05) is 0 Å². The number of fused-ring (bicyclic) bond motifs is 1. The summed E-state index contributed by atoms with van der Waals surface area (Å²) in [6, 6.07) is 3.88. The fourth-order valence-electron chi connectivity index (χ4n) is 2.58. The van der Waals surface area contributed by atoms with E-state index in [1.54, 1.807) is 38.2 Å². The number of amides is 1. The van der Waals surface area contributed by atoms with Crippen molar-refractivity contribution in [3.05, 3.63) is 56.7 Å². The van der Waals surface area contributed by atoms with Gasteiger partial charge in [0.15, 0.2) is 0 Å². The predicted octanol–water partition coefficient (Wildman–Crippen LogP) is 2.31. The van der Waals surface area contributed by atoms with Gasteiger partial charge in [0.2, 0.25) is 0 Å².